The largest absolute Gasteiger partial charge is 0.355 e. The maximum atomic E-state index is 14.4. The third kappa shape index (κ3) is 3.36. The Morgan fingerprint density at radius 2 is 1.73 bits per heavy atom. The van der Waals surface area contributed by atoms with Crippen molar-refractivity contribution in [1.82, 2.24) is 10.6 Å². The first kappa shape index (κ1) is 19.6. The summed E-state index contributed by atoms with van der Waals surface area (Å²) in [6.45, 7) is 2.30. The lowest BCUT2D eigenvalue weighted by atomic mass is 9.78. The number of carbonyl (C=O) groups excluding carboxylic acids is 1. The van der Waals surface area contributed by atoms with E-state index in [-0.39, 0.29) is 35.2 Å². The molecule has 3 aliphatic rings. The van der Waals surface area contributed by atoms with Crippen molar-refractivity contribution < 1.29 is 13.6 Å². The summed E-state index contributed by atoms with van der Waals surface area (Å²) >= 11 is 0. The maximum Gasteiger partial charge on any atom is 0.223 e. The van der Waals surface area contributed by atoms with Gasteiger partial charge in [-0.05, 0) is 62.7 Å². The summed E-state index contributed by atoms with van der Waals surface area (Å²) in [4.78, 5) is 12.7. The summed E-state index contributed by atoms with van der Waals surface area (Å²) in [6.07, 6.45) is 6.42. The molecule has 1 unspecified atom stereocenters. The van der Waals surface area contributed by atoms with Crippen molar-refractivity contribution in [3.63, 3.8) is 0 Å². The van der Waals surface area contributed by atoms with Gasteiger partial charge in [-0.3, -0.25) is 4.79 Å². The van der Waals surface area contributed by atoms with Crippen LogP contribution in [0, 0.1) is 23.0 Å². The quantitative estimate of drug-likeness (QED) is 0.831. The van der Waals surface area contributed by atoms with Crippen molar-refractivity contribution in [1.29, 1.82) is 0 Å². The van der Waals surface area contributed by atoms with Gasteiger partial charge in [-0.25, -0.2) is 8.78 Å². The lowest BCUT2D eigenvalue weighted by molar-refractivity contribution is -0.123. The molecule has 1 atom stereocenters. The van der Waals surface area contributed by atoms with E-state index in [1.165, 1.54) is 18.2 Å². The van der Waals surface area contributed by atoms with E-state index in [1.807, 2.05) is 0 Å². The second-order valence-electron chi connectivity index (χ2n) is 8.17. The normalized spacial score (nSPS) is 25.5. The van der Waals surface area contributed by atoms with Crippen LogP contribution in [0.1, 0.15) is 50.5 Å². The molecule has 1 aliphatic heterocycles. The monoisotopic (exact) mass is 384 g/mol. The zero-order valence-corrected chi connectivity index (χ0v) is 15.8. The third-order valence-corrected chi connectivity index (χ3v) is 6.76. The number of benzene rings is 1. The zero-order valence-electron chi connectivity index (χ0n) is 15.0. The van der Waals surface area contributed by atoms with Gasteiger partial charge in [-0.2, -0.15) is 0 Å². The molecule has 1 amide bonds. The van der Waals surface area contributed by atoms with Crippen LogP contribution in [0.3, 0.4) is 0 Å². The highest BCUT2D eigenvalue weighted by Crippen LogP contribution is 2.58. The number of hydrogen-bond donors (Lipinski definition) is 2. The van der Waals surface area contributed by atoms with Gasteiger partial charge in [0.25, 0.3) is 0 Å². The molecule has 0 radical (unpaired) electrons. The standard InChI is InChI=1S/C20H26F2N2O.ClH/c21-15-4-3-5-16(22)17(15)20(6-1-2-7-20)13-24-18(25)14-12-19(14)8-10-23-11-9-19;/h3-5,14,23H,1-2,6-13H2,(H,24,25);1H. The summed E-state index contributed by atoms with van der Waals surface area (Å²) in [5.74, 6) is -0.821. The van der Waals surface area contributed by atoms with Crippen LogP contribution in [-0.4, -0.2) is 25.5 Å². The van der Waals surface area contributed by atoms with Gasteiger partial charge in [0, 0.05) is 23.4 Å². The zero-order chi connectivity index (χ0) is 17.5. The first-order chi connectivity index (χ1) is 12.1. The molecule has 1 heterocycles. The highest BCUT2D eigenvalue weighted by Gasteiger charge is 2.57. The first-order valence-corrected chi connectivity index (χ1v) is 9.49. The summed E-state index contributed by atoms with van der Waals surface area (Å²) in [6, 6.07) is 4.05. The van der Waals surface area contributed by atoms with Gasteiger partial charge in [-0.15, -0.1) is 12.4 Å². The summed E-state index contributed by atoms with van der Waals surface area (Å²) in [5, 5.41) is 6.40. The Morgan fingerprint density at radius 3 is 2.35 bits per heavy atom. The van der Waals surface area contributed by atoms with E-state index in [9.17, 15) is 13.6 Å². The predicted octanol–water partition coefficient (Wildman–Crippen LogP) is 3.70. The fourth-order valence-corrected chi connectivity index (χ4v) is 5.15. The van der Waals surface area contributed by atoms with E-state index in [0.29, 0.717) is 6.54 Å². The van der Waals surface area contributed by atoms with E-state index >= 15 is 0 Å². The van der Waals surface area contributed by atoms with Gasteiger partial charge < -0.3 is 10.6 Å². The van der Waals surface area contributed by atoms with Crippen LogP contribution in [0.5, 0.6) is 0 Å². The number of hydrogen-bond acceptors (Lipinski definition) is 2. The predicted molar refractivity (Wildman–Crippen MR) is 99.4 cm³/mol. The molecule has 0 aromatic heterocycles. The molecule has 1 saturated heterocycles. The second-order valence-corrected chi connectivity index (χ2v) is 8.17. The molecule has 26 heavy (non-hydrogen) atoms. The summed E-state index contributed by atoms with van der Waals surface area (Å²) in [7, 11) is 0. The van der Waals surface area contributed by atoms with E-state index in [2.05, 4.69) is 10.6 Å². The summed E-state index contributed by atoms with van der Waals surface area (Å²) in [5.41, 5.74) is -0.247. The molecule has 2 N–H and O–H groups in total. The molecular formula is C20H27ClF2N2O. The van der Waals surface area contributed by atoms with Crippen LogP contribution in [-0.2, 0) is 10.2 Å². The molecule has 3 fully saturated rings. The van der Waals surface area contributed by atoms with E-state index < -0.39 is 17.0 Å². The van der Waals surface area contributed by atoms with E-state index in [0.717, 1.165) is 58.0 Å². The minimum absolute atomic E-state index is 0. The molecular weight excluding hydrogens is 358 g/mol. The molecule has 144 valence electrons. The number of halogens is 3. The Bertz CT molecular complexity index is 650. The van der Waals surface area contributed by atoms with Gasteiger partial charge >= 0.3 is 0 Å². The minimum Gasteiger partial charge on any atom is -0.355 e. The number of carbonyl (C=O) groups is 1. The van der Waals surface area contributed by atoms with Gasteiger partial charge in [0.2, 0.25) is 5.91 Å². The Labute approximate surface area is 159 Å². The average molecular weight is 385 g/mol. The highest BCUT2D eigenvalue weighted by atomic mass is 35.5. The molecule has 2 aliphatic carbocycles. The molecule has 0 bridgehead atoms. The van der Waals surface area contributed by atoms with Crippen LogP contribution >= 0.6 is 12.4 Å². The van der Waals surface area contributed by atoms with Crippen LogP contribution in [0.4, 0.5) is 8.78 Å². The minimum atomic E-state index is -0.596. The van der Waals surface area contributed by atoms with Gasteiger partial charge in [0.15, 0.2) is 0 Å². The Hall–Kier alpha value is -1.20. The first-order valence-electron chi connectivity index (χ1n) is 9.49. The van der Waals surface area contributed by atoms with Gasteiger partial charge in [-0.1, -0.05) is 18.9 Å². The SMILES string of the molecule is Cl.O=C(NCC1(c2c(F)cccc2F)CCCC1)C1CC12CCNCC2. The van der Waals surface area contributed by atoms with Crippen molar-refractivity contribution >= 4 is 18.3 Å². The van der Waals surface area contributed by atoms with Crippen molar-refractivity contribution in [2.24, 2.45) is 11.3 Å². The van der Waals surface area contributed by atoms with Crippen LogP contribution in [0.25, 0.3) is 0 Å². The molecule has 3 nitrogen and oxygen atoms in total. The Kier molecular flexibility index (Phi) is 5.59. The van der Waals surface area contributed by atoms with Crippen molar-refractivity contribution in [2.45, 2.75) is 50.4 Å². The van der Waals surface area contributed by atoms with Gasteiger partial charge in [0.1, 0.15) is 11.6 Å². The Balaban J connectivity index is 0.00000196. The Morgan fingerprint density at radius 1 is 1.12 bits per heavy atom. The lowest BCUT2D eigenvalue weighted by Gasteiger charge is -2.31. The van der Waals surface area contributed by atoms with Gasteiger partial charge in [0.05, 0.1) is 0 Å². The maximum absolute atomic E-state index is 14.4. The molecule has 2 saturated carbocycles. The van der Waals surface area contributed by atoms with E-state index in [1.54, 1.807) is 0 Å². The molecule has 1 aromatic carbocycles. The average Bonchev–Trinajstić information content (AvgIpc) is 3.08. The molecule has 1 spiro atoms. The summed E-state index contributed by atoms with van der Waals surface area (Å²) < 4.78 is 28.7. The molecule has 4 rings (SSSR count). The molecule has 6 heteroatoms. The second kappa shape index (κ2) is 7.43. The van der Waals surface area contributed by atoms with Crippen molar-refractivity contribution in [3.05, 3.63) is 35.4 Å². The van der Waals surface area contributed by atoms with Crippen LogP contribution in [0.2, 0.25) is 0 Å². The number of piperidine rings is 1. The van der Waals surface area contributed by atoms with Crippen molar-refractivity contribution in [3.8, 4) is 0 Å². The molecule has 1 aromatic rings. The number of rotatable bonds is 4. The van der Waals surface area contributed by atoms with Crippen LogP contribution < -0.4 is 10.6 Å². The number of nitrogens with one attached hydrogen (secondary N) is 2. The third-order valence-electron chi connectivity index (χ3n) is 6.76. The highest BCUT2D eigenvalue weighted by molar-refractivity contribution is 5.85. The smallest absolute Gasteiger partial charge is 0.223 e. The topological polar surface area (TPSA) is 41.1 Å². The van der Waals surface area contributed by atoms with Crippen molar-refractivity contribution in [2.75, 3.05) is 19.6 Å². The fraction of sp³-hybridized carbons (Fsp3) is 0.650. The number of amides is 1. The van der Waals surface area contributed by atoms with E-state index in [4.69, 9.17) is 0 Å². The fourth-order valence-electron chi connectivity index (χ4n) is 5.15. The van der Waals surface area contributed by atoms with Crippen LogP contribution in [0.15, 0.2) is 18.2 Å². The lowest BCUT2D eigenvalue weighted by Crippen LogP contribution is -2.42.